The molecule has 0 radical (unpaired) electrons. The highest BCUT2D eigenvalue weighted by atomic mass is 16.5. The van der Waals surface area contributed by atoms with Crippen LogP contribution in [0.3, 0.4) is 0 Å². The highest BCUT2D eigenvalue weighted by molar-refractivity contribution is 5.88. The van der Waals surface area contributed by atoms with Gasteiger partial charge < -0.3 is 9.84 Å². The smallest absolute Gasteiger partial charge is 0.359 e. The van der Waals surface area contributed by atoms with Gasteiger partial charge in [-0.2, -0.15) is 5.10 Å². The zero-order chi connectivity index (χ0) is 18.5. The van der Waals surface area contributed by atoms with E-state index in [1.54, 1.807) is 11.6 Å². The Balaban J connectivity index is 1.85. The van der Waals surface area contributed by atoms with Crippen LogP contribution < -0.4 is 0 Å². The molecule has 138 valence electrons. The van der Waals surface area contributed by atoms with Crippen LogP contribution in [0.5, 0.6) is 0 Å². The van der Waals surface area contributed by atoms with Gasteiger partial charge in [0.25, 0.3) is 0 Å². The molecule has 0 aliphatic carbocycles. The zero-order valence-corrected chi connectivity index (χ0v) is 14.8. The lowest BCUT2D eigenvalue weighted by Crippen LogP contribution is -2.38. The first-order chi connectivity index (χ1) is 12.6. The topological polar surface area (TPSA) is 84.7 Å². The lowest BCUT2D eigenvalue weighted by atomic mass is 9.98. The van der Waals surface area contributed by atoms with E-state index >= 15 is 0 Å². The number of ether oxygens (including phenoxy) is 1. The summed E-state index contributed by atoms with van der Waals surface area (Å²) < 4.78 is 6.81. The first-order valence-electron chi connectivity index (χ1n) is 8.84. The molecule has 1 atom stereocenters. The fourth-order valence-corrected chi connectivity index (χ4v) is 3.25. The van der Waals surface area contributed by atoms with E-state index in [-0.39, 0.29) is 18.2 Å². The van der Waals surface area contributed by atoms with Crippen LogP contribution in [-0.4, -0.2) is 51.4 Å². The van der Waals surface area contributed by atoms with E-state index in [0.29, 0.717) is 19.5 Å². The van der Waals surface area contributed by atoms with Crippen LogP contribution in [0.15, 0.2) is 36.5 Å². The molecule has 2 heterocycles. The number of aliphatic carboxylic acids is 1. The molecule has 1 aliphatic rings. The van der Waals surface area contributed by atoms with Crippen LogP contribution in [0.4, 0.5) is 0 Å². The molecule has 1 aromatic carbocycles. The number of para-hydroxylation sites is 1. The van der Waals surface area contributed by atoms with Crippen LogP contribution in [0.25, 0.3) is 5.69 Å². The number of aromatic nitrogens is 2. The Morgan fingerprint density at radius 3 is 2.77 bits per heavy atom. The predicted molar refractivity (Wildman–Crippen MR) is 95.2 cm³/mol. The second-order valence-corrected chi connectivity index (χ2v) is 6.42. The Kier molecular flexibility index (Phi) is 5.68. The maximum absolute atomic E-state index is 12.3. The second-order valence-electron chi connectivity index (χ2n) is 6.42. The fourth-order valence-electron chi connectivity index (χ4n) is 3.25. The van der Waals surface area contributed by atoms with E-state index in [1.807, 2.05) is 36.5 Å². The number of rotatable bonds is 6. The van der Waals surface area contributed by atoms with E-state index in [2.05, 4.69) is 10.00 Å². The van der Waals surface area contributed by atoms with Crippen molar-refractivity contribution in [3.8, 4) is 5.69 Å². The van der Waals surface area contributed by atoms with E-state index < -0.39 is 11.9 Å². The summed E-state index contributed by atoms with van der Waals surface area (Å²) in [5, 5.41) is 13.7. The summed E-state index contributed by atoms with van der Waals surface area (Å²) in [6.45, 7) is 3.80. The fraction of sp³-hybridized carbons (Fsp3) is 0.421. The third kappa shape index (κ3) is 4.11. The first-order valence-corrected chi connectivity index (χ1v) is 8.84. The Bertz CT molecular complexity index is 772. The third-order valence-corrected chi connectivity index (χ3v) is 4.53. The van der Waals surface area contributed by atoms with Gasteiger partial charge in [-0.15, -0.1) is 0 Å². The van der Waals surface area contributed by atoms with Gasteiger partial charge in [-0.3, -0.25) is 9.69 Å². The van der Waals surface area contributed by atoms with Crippen molar-refractivity contribution in [1.82, 2.24) is 14.7 Å². The van der Waals surface area contributed by atoms with Crippen molar-refractivity contribution >= 4 is 11.9 Å². The van der Waals surface area contributed by atoms with Crippen LogP contribution in [0.2, 0.25) is 0 Å². The van der Waals surface area contributed by atoms with Gasteiger partial charge in [-0.05, 0) is 38.4 Å². The summed E-state index contributed by atoms with van der Waals surface area (Å²) >= 11 is 0. The van der Waals surface area contributed by atoms with Crippen LogP contribution in [-0.2, 0) is 16.1 Å². The maximum Gasteiger partial charge on any atom is 0.359 e. The van der Waals surface area contributed by atoms with E-state index in [0.717, 1.165) is 24.2 Å². The monoisotopic (exact) mass is 357 g/mol. The molecule has 26 heavy (non-hydrogen) atoms. The molecule has 3 rings (SSSR count). The number of hydrogen-bond acceptors (Lipinski definition) is 5. The summed E-state index contributed by atoms with van der Waals surface area (Å²) in [6, 6.07) is 9.55. The molecule has 1 fully saturated rings. The number of carbonyl (C=O) groups excluding carboxylic acids is 1. The zero-order valence-electron chi connectivity index (χ0n) is 14.8. The van der Waals surface area contributed by atoms with Gasteiger partial charge in [0, 0.05) is 24.8 Å². The Labute approximate surface area is 152 Å². The quantitative estimate of drug-likeness (QED) is 0.799. The van der Waals surface area contributed by atoms with Crippen molar-refractivity contribution in [2.24, 2.45) is 5.92 Å². The molecule has 7 nitrogen and oxygen atoms in total. The van der Waals surface area contributed by atoms with E-state index in [9.17, 15) is 14.7 Å². The highest BCUT2D eigenvalue weighted by Crippen LogP contribution is 2.21. The SMILES string of the molecule is CCOC(=O)c1nn(-c2ccccc2)cc1CN1CCCC(C(=O)O)C1. The molecule has 0 spiro atoms. The lowest BCUT2D eigenvalue weighted by molar-refractivity contribution is -0.143. The number of piperidine rings is 1. The summed E-state index contributed by atoms with van der Waals surface area (Å²) in [7, 11) is 0. The lowest BCUT2D eigenvalue weighted by Gasteiger charge is -2.30. The van der Waals surface area contributed by atoms with Crippen molar-refractivity contribution in [1.29, 1.82) is 0 Å². The number of benzene rings is 1. The highest BCUT2D eigenvalue weighted by Gasteiger charge is 2.27. The number of esters is 1. The van der Waals surface area contributed by atoms with Gasteiger partial charge in [0.2, 0.25) is 0 Å². The first kappa shape index (κ1) is 18.1. The average molecular weight is 357 g/mol. The number of nitrogens with zero attached hydrogens (tertiary/aromatic N) is 3. The van der Waals surface area contributed by atoms with Crippen LogP contribution in [0, 0.1) is 5.92 Å². The molecular weight excluding hydrogens is 334 g/mol. The van der Waals surface area contributed by atoms with Crippen LogP contribution in [0.1, 0.15) is 35.8 Å². The molecule has 1 unspecified atom stereocenters. The van der Waals surface area contributed by atoms with E-state index in [1.165, 1.54) is 0 Å². The van der Waals surface area contributed by atoms with E-state index in [4.69, 9.17) is 4.74 Å². The van der Waals surface area contributed by atoms with Crippen molar-refractivity contribution in [3.05, 3.63) is 47.8 Å². The largest absolute Gasteiger partial charge is 0.481 e. The summed E-state index contributed by atoms with van der Waals surface area (Å²) in [6.07, 6.45) is 3.35. The van der Waals surface area contributed by atoms with Crippen molar-refractivity contribution in [2.45, 2.75) is 26.3 Å². The standard InChI is InChI=1S/C19H23N3O4/c1-2-26-19(25)17-15(12-21-10-6-7-14(11-21)18(23)24)13-22(20-17)16-8-4-3-5-9-16/h3-5,8-9,13-14H,2,6-7,10-12H2,1H3,(H,23,24). The minimum atomic E-state index is -0.764. The van der Waals surface area contributed by atoms with Gasteiger partial charge >= 0.3 is 11.9 Å². The Hall–Kier alpha value is -2.67. The number of hydrogen-bond donors (Lipinski definition) is 1. The van der Waals surface area contributed by atoms with Crippen molar-refractivity contribution in [2.75, 3.05) is 19.7 Å². The molecule has 2 aromatic rings. The Morgan fingerprint density at radius 1 is 1.31 bits per heavy atom. The number of carboxylic acid groups (broad SMARTS) is 1. The molecule has 1 aliphatic heterocycles. The molecule has 1 aromatic heterocycles. The summed E-state index contributed by atoms with van der Waals surface area (Å²) in [4.78, 5) is 25.7. The predicted octanol–water partition coefficient (Wildman–Crippen LogP) is 2.35. The number of carboxylic acids is 1. The molecule has 0 amide bonds. The molecule has 1 saturated heterocycles. The van der Waals surface area contributed by atoms with Gasteiger partial charge in [-0.25, -0.2) is 9.48 Å². The maximum atomic E-state index is 12.3. The molecular formula is C19H23N3O4. The molecule has 7 heteroatoms. The molecule has 0 bridgehead atoms. The average Bonchev–Trinajstić information content (AvgIpc) is 3.07. The summed E-state index contributed by atoms with van der Waals surface area (Å²) in [5.74, 6) is -1.58. The van der Waals surface area contributed by atoms with Gasteiger partial charge in [-0.1, -0.05) is 18.2 Å². The van der Waals surface area contributed by atoms with Crippen molar-refractivity contribution in [3.63, 3.8) is 0 Å². The number of likely N-dealkylation sites (tertiary alicyclic amines) is 1. The van der Waals surface area contributed by atoms with Crippen LogP contribution >= 0.6 is 0 Å². The van der Waals surface area contributed by atoms with Gasteiger partial charge in [0.15, 0.2) is 5.69 Å². The normalized spacial score (nSPS) is 17.8. The van der Waals surface area contributed by atoms with Crippen molar-refractivity contribution < 1.29 is 19.4 Å². The summed E-state index contributed by atoms with van der Waals surface area (Å²) in [5.41, 5.74) is 1.89. The minimum absolute atomic E-state index is 0.279. The Morgan fingerprint density at radius 2 is 2.08 bits per heavy atom. The van der Waals surface area contributed by atoms with Gasteiger partial charge in [0.1, 0.15) is 0 Å². The van der Waals surface area contributed by atoms with Gasteiger partial charge in [0.05, 0.1) is 18.2 Å². The second kappa shape index (κ2) is 8.14. The molecule has 1 N–H and O–H groups in total. The minimum Gasteiger partial charge on any atom is -0.481 e. The third-order valence-electron chi connectivity index (χ3n) is 4.53. The number of carbonyl (C=O) groups is 2. The molecule has 0 saturated carbocycles.